The fourth-order valence-electron chi connectivity index (χ4n) is 3.40. The minimum Gasteiger partial charge on any atom is -0.459 e. The number of fused-ring (bicyclic) bond motifs is 1. The first-order valence-corrected chi connectivity index (χ1v) is 11.1. The van der Waals surface area contributed by atoms with Crippen molar-refractivity contribution in [3.8, 4) is 0 Å². The molecule has 7 heteroatoms. The van der Waals surface area contributed by atoms with Gasteiger partial charge >= 0.3 is 5.97 Å². The number of nitrogens with one attached hydrogen (secondary N) is 1. The van der Waals surface area contributed by atoms with Gasteiger partial charge in [-0.25, -0.2) is 9.79 Å². The Morgan fingerprint density at radius 3 is 2.53 bits per heavy atom. The molecule has 6 nitrogen and oxygen atoms in total. The van der Waals surface area contributed by atoms with Gasteiger partial charge in [0.25, 0.3) is 0 Å². The molecule has 0 fully saturated rings. The van der Waals surface area contributed by atoms with Crippen LogP contribution in [-0.2, 0) is 14.3 Å². The van der Waals surface area contributed by atoms with Crippen LogP contribution < -0.4 is 5.32 Å². The molecule has 0 radical (unpaired) electrons. The second-order valence-electron chi connectivity index (χ2n) is 8.13. The molecular weight excluding hydrogens is 398 g/mol. The van der Waals surface area contributed by atoms with E-state index < -0.39 is 0 Å². The predicted molar refractivity (Wildman–Crippen MR) is 121 cm³/mol. The monoisotopic (exact) mass is 427 g/mol. The SMILES string of the molecule is CC1=C(C(=O)OC(C)C)C(c2ccccc2)N2C(CC(=O)NCC(C)C)=CSC2=N1. The number of hydrogen-bond acceptors (Lipinski definition) is 6. The number of amidine groups is 1. The Bertz CT molecular complexity index is 904. The van der Waals surface area contributed by atoms with E-state index in [1.165, 1.54) is 11.8 Å². The number of benzene rings is 1. The van der Waals surface area contributed by atoms with Crippen LogP contribution in [0.1, 0.15) is 52.6 Å². The van der Waals surface area contributed by atoms with Crippen molar-refractivity contribution in [2.24, 2.45) is 10.9 Å². The first-order chi connectivity index (χ1) is 14.3. The highest BCUT2D eigenvalue weighted by atomic mass is 32.2. The van der Waals surface area contributed by atoms with E-state index in [0.717, 1.165) is 16.4 Å². The summed E-state index contributed by atoms with van der Waals surface area (Å²) in [6, 6.07) is 9.43. The third kappa shape index (κ3) is 4.95. The lowest BCUT2D eigenvalue weighted by Gasteiger charge is -2.36. The average Bonchev–Trinajstić information content (AvgIpc) is 3.07. The Labute approximate surface area is 182 Å². The third-order valence-electron chi connectivity index (χ3n) is 4.73. The van der Waals surface area contributed by atoms with Gasteiger partial charge in [-0.3, -0.25) is 4.79 Å². The van der Waals surface area contributed by atoms with Crippen molar-refractivity contribution in [2.45, 2.75) is 53.2 Å². The molecule has 2 aliphatic heterocycles. The maximum absolute atomic E-state index is 13.0. The number of rotatable bonds is 7. The van der Waals surface area contributed by atoms with Gasteiger partial charge in [0.1, 0.15) is 0 Å². The molecule has 1 aromatic rings. The zero-order valence-corrected chi connectivity index (χ0v) is 19.0. The van der Waals surface area contributed by atoms with E-state index in [-0.39, 0.29) is 30.4 Å². The molecular formula is C23H29N3O3S. The first kappa shape index (κ1) is 22.2. The number of nitrogens with zero attached hydrogens (tertiary/aromatic N) is 2. The molecule has 0 aromatic heterocycles. The van der Waals surface area contributed by atoms with Gasteiger partial charge in [-0.05, 0) is 37.7 Å². The van der Waals surface area contributed by atoms with Crippen molar-refractivity contribution in [2.75, 3.05) is 6.54 Å². The third-order valence-corrected chi connectivity index (χ3v) is 5.62. The van der Waals surface area contributed by atoms with Crippen LogP contribution in [0.15, 0.2) is 57.7 Å². The van der Waals surface area contributed by atoms with Crippen molar-refractivity contribution >= 4 is 28.8 Å². The van der Waals surface area contributed by atoms with Crippen LogP contribution >= 0.6 is 11.8 Å². The van der Waals surface area contributed by atoms with Gasteiger partial charge in [-0.2, -0.15) is 0 Å². The average molecular weight is 428 g/mol. The molecule has 1 atom stereocenters. The molecule has 160 valence electrons. The summed E-state index contributed by atoms with van der Waals surface area (Å²) in [6.07, 6.45) is -0.00227. The van der Waals surface area contributed by atoms with E-state index in [2.05, 4.69) is 24.2 Å². The normalized spacial score (nSPS) is 18.4. The fourth-order valence-corrected chi connectivity index (χ4v) is 4.37. The van der Waals surface area contributed by atoms with Gasteiger partial charge in [0.2, 0.25) is 5.91 Å². The smallest absolute Gasteiger partial charge is 0.338 e. The van der Waals surface area contributed by atoms with Crippen LogP contribution in [0.4, 0.5) is 0 Å². The second kappa shape index (κ2) is 9.51. The molecule has 0 saturated carbocycles. The molecule has 0 aliphatic carbocycles. The Balaban J connectivity index is 1.95. The molecule has 0 bridgehead atoms. The van der Waals surface area contributed by atoms with Crippen LogP contribution in [0.3, 0.4) is 0 Å². The van der Waals surface area contributed by atoms with E-state index in [1.54, 1.807) is 0 Å². The van der Waals surface area contributed by atoms with E-state index in [9.17, 15) is 9.59 Å². The molecule has 3 rings (SSSR count). The largest absolute Gasteiger partial charge is 0.459 e. The highest BCUT2D eigenvalue weighted by Crippen LogP contribution is 2.44. The number of thioether (sulfide) groups is 1. The number of carbonyl (C=O) groups excluding carboxylic acids is 2. The lowest BCUT2D eigenvalue weighted by atomic mass is 9.94. The molecule has 0 spiro atoms. The number of carbonyl (C=O) groups is 2. The summed E-state index contributed by atoms with van der Waals surface area (Å²) in [7, 11) is 0. The summed E-state index contributed by atoms with van der Waals surface area (Å²) < 4.78 is 5.54. The van der Waals surface area contributed by atoms with Crippen molar-refractivity contribution in [1.82, 2.24) is 10.2 Å². The highest BCUT2D eigenvalue weighted by Gasteiger charge is 2.41. The van der Waals surface area contributed by atoms with Crippen LogP contribution in [-0.4, -0.2) is 34.6 Å². The lowest BCUT2D eigenvalue weighted by Crippen LogP contribution is -2.38. The summed E-state index contributed by atoms with van der Waals surface area (Å²) in [5.74, 6) is -0.0334. The topological polar surface area (TPSA) is 71.0 Å². The van der Waals surface area contributed by atoms with Crippen molar-refractivity contribution in [3.63, 3.8) is 0 Å². The summed E-state index contributed by atoms with van der Waals surface area (Å²) in [5.41, 5.74) is 2.94. The van der Waals surface area contributed by atoms with Gasteiger partial charge in [-0.1, -0.05) is 55.9 Å². The molecule has 1 aromatic carbocycles. The van der Waals surface area contributed by atoms with Gasteiger partial charge in [-0.15, -0.1) is 0 Å². The number of aliphatic imine (C=N–C) groups is 1. The standard InChI is InChI=1S/C23H29N3O3S/c1-14(2)12-24-19(27)11-18-13-30-23-25-16(5)20(22(28)29-15(3)4)21(26(18)23)17-9-7-6-8-10-17/h6-10,13-15,21H,11-12H2,1-5H3,(H,24,27). The van der Waals surface area contributed by atoms with Crippen LogP contribution in [0.2, 0.25) is 0 Å². The minimum absolute atomic E-state index is 0.0406. The van der Waals surface area contributed by atoms with E-state index >= 15 is 0 Å². The van der Waals surface area contributed by atoms with Crippen LogP contribution in [0.5, 0.6) is 0 Å². The molecule has 0 saturated heterocycles. The van der Waals surface area contributed by atoms with Gasteiger partial charge in [0, 0.05) is 12.2 Å². The second-order valence-corrected chi connectivity index (χ2v) is 8.97. The minimum atomic E-state index is -0.385. The molecule has 30 heavy (non-hydrogen) atoms. The predicted octanol–water partition coefficient (Wildman–Crippen LogP) is 4.38. The zero-order valence-electron chi connectivity index (χ0n) is 18.1. The van der Waals surface area contributed by atoms with Gasteiger partial charge in [0.15, 0.2) is 5.17 Å². The molecule has 2 aliphatic rings. The van der Waals surface area contributed by atoms with Gasteiger partial charge < -0.3 is 15.0 Å². The van der Waals surface area contributed by atoms with E-state index in [1.807, 2.05) is 61.4 Å². The number of amides is 1. The summed E-state index contributed by atoms with van der Waals surface area (Å²) in [5, 5.41) is 5.69. The molecule has 2 heterocycles. The van der Waals surface area contributed by atoms with Crippen LogP contribution in [0, 0.1) is 5.92 Å². The molecule has 1 unspecified atom stereocenters. The summed E-state index contributed by atoms with van der Waals surface area (Å²) in [6.45, 7) is 10.3. The van der Waals surface area contributed by atoms with E-state index in [0.29, 0.717) is 23.7 Å². The zero-order chi connectivity index (χ0) is 21.8. The number of allylic oxidation sites excluding steroid dienone is 1. The van der Waals surface area contributed by atoms with Crippen LogP contribution in [0.25, 0.3) is 0 Å². The molecule has 1 N–H and O–H groups in total. The number of esters is 1. The maximum atomic E-state index is 13.0. The maximum Gasteiger partial charge on any atom is 0.338 e. The highest BCUT2D eigenvalue weighted by molar-refractivity contribution is 8.16. The van der Waals surface area contributed by atoms with E-state index in [4.69, 9.17) is 4.74 Å². The number of ether oxygens (including phenoxy) is 1. The summed E-state index contributed by atoms with van der Waals surface area (Å²) >= 11 is 1.48. The Morgan fingerprint density at radius 1 is 1.20 bits per heavy atom. The van der Waals surface area contributed by atoms with Crippen molar-refractivity contribution in [3.05, 3.63) is 58.3 Å². The van der Waals surface area contributed by atoms with Gasteiger partial charge in [0.05, 0.1) is 29.8 Å². The Kier molecular flexibility index (Phi) is 7.02. The lowest BCUT2D eigenvalue weighted by molar-refractivity contribution is -0.143. The summed E-state index contributed by atoms with van der Waals surface area (Å²) in [4.78, 5) is 32.2. The van der Waals surface area contributed by atoms with Crippen molar-refractivity contribution < 1.29 is 14.3 Å². The fraction of sp³-hybridized carbons (Fsp3) is 0.435. The number of hydrogen-bond donors (Lipinski definition) is 1. The quantitative estimate of drug-likeness (QED) is 0.654. The van der Waals surface area contributed by atoms with Crippen molar-refractivity contribution in [1.29, 1.82) is 0 Å². The first-order valence-electron chi connectivity index (χ1n) is 10.2. The molecule has 1 amide bonds. The Morgan fingerprint density at radius 2 is 1.90 bits per heavy atom. The Hall–Kier alpha value is -2.54.